The second-order valence-corrected chi connectivity index (χ2v) is 5.57. The highest BCUT2D eigenvalue weighted by Gasteiger charge is 2.19. The number of hydrogen-bond donors (Lipinski definition) is 2. The van der Waals surface area contributed by atoms with Crippen LogP contribution < -0.4 is 10.6 Å². The van der Waals surface area contributed by atoms with Crippen LogP contribution in [0.15, 0.2) is 60.9 Å². The van der Waals surface area contributed by atoms with Crippen molar-refractivity contribution in [2.75, 3.05) is 5.32 Å². The third-order valence-electron chi connectivity index (χ3n) is 3.80. The summed E-state index contributed by atoms with van der Waals surface area (Å²) < 4.78 is 13.6. The van der Waals surface area contributed by atoms with Gasteiger partial charge in [-0.15, -0.1) is 0 Å². The largest absolute Gasteiger partial charge is 0.340 e. The van der Waals surface area contributed by atoms with Crippen LogP contribution in [0, 0.1) is 5.82 Å². The van der Waals surface area contributed by atoms with E-state index in [1.165, 1.54) is 18.2 Å². The number of anilines is 1. The summed E-state index contributed by atoms with van der Waals surface area (Å²) in [6.45, 7) is 1.54. The number of benzene rings is 2. The van der Waals surface area contributed by atoms with Gasteiger partial charge in [0.1, 0.15) is 11.9 Å². The zero-order valence-electron chi connectivity index (χ0n) is 13.5. The van der Waals surface area contributed by atoms with Gasteiger partial charge in [0.25, 0.3) is 5.91 Å². The smallest absolute Gasteiger partial charge is 0.254 e. The molecule has 2 aromatic carbocycles. The number of amides is 2. The van der Waals surface area contributed by atoms with Gasteiger partial charge in [-0.1, -0.05) is 24.3 Å². The predicted molar refractivity (Wildman–Crippen MR) is 93.7 cm³/mol. The topological polar surface area (TPSA) is 71.1 Å². The van der Waals surface area contributed by atoms with E-state index in [1.54, 1.807) is 37.5 Å². The minimum absolute atomic E-state index is 0.0987. The molecular weight excluding hydrogens is 321 g/mol. The van der Waals surface area contributed by atoms with Crippen LogP contribution in [0.4, 0.5) is 10.1 Å². The van der Waals surface area contributed by atoms with Crippen LogP contribution in [0.2, 0.25) is 0 Å². The second kappa shape index (κ2) is 7.09. The van der Waals surface area contributed by atoms with Crippen LogP contribution in [-0.4, -0.2) is 22.8 Å². The average molecular weight is 337 g/mol. The van der Waals surface area contributed by atoms with E-state index < -0.39 is 23.7 Å². The van der Waals surface area contributed by atoms with Crippen LogP contribution in [-0.2, 0) is 4.79 Å². The monoisotopic (exact) mass is 337 g/mol. The molecule has 0 fully saturated rings. The molecule has 0 aliphatic rings. The van der Waals surface area contributed by atoms with Gasteiger partial charge in [-0.3, -0.25) is 14.6 Å². The molecule has 0 saturated heterocycles. The first-order chi connectivity index (χ1) is 12.1. The van der Waals surface area contributed by atoms with Crippen LogP contribution in [0.3, 0.4) is 0 Å². The molecule has 1 heterocycles. The highest BCUT2D eigenvalue weighted by Crippen LogP contribution is 2.22. The molecule has 6 heteroatoms. The van der Waals surface area contributed by atoms with Crippen molar-refractivity contribution in [3.63, 3.8) is 0 Å². The van der Waals surface area contributed by atoms with Crippen molar-refractivity contribution in [3.05, 3.63) is 72.3 Å². The zero-order valence-corrected chi connectivity index (χ0v) is 13.5. The lowest BCUT2D eigenvalue weighted by Crippen LogP contribution is -2.41. The molecule has 0 aliphatic carbocycles. The number of carbonyl (C=O) groups is 2. The quantitative estimate of drug-likeness (QED) is 0.768. The van der Waals surface area contributed by atoms with E-state index >= 15 is 0 Å². The Balaban J connectivity index is 1.72. The van der Waals surface area contributed by atoms with Crippen molar-refractivity contribution in [2.24, 2.45) is 0 Å². The molecule has 0 saturated carbocycles. The van der Waals surface area contributed by atoms with E-state index in [0.29, 0.717) is 5.69 Å². The van der Waals surface area contributed by atoms with Crippen molar-refractivity contribution in [1.29, 1.82) is 0 Å². The van der Waals surface area contributed by atoms with E-state index in [4.69, 9.17) is 0 Å². The molecular formula is C19H16FN3O2. The molecule has 1 unspecified atom stereocenters. The van der Waals surface area contributed by atoms with Gasteiger partial charge in [-0.05, 0) is 31.2 Å². The van der Waals surface area contributed by atoms with Gasteiger partial charge < -0.3 is 10.6 Å². The fourth-order valence-corrected chi connectivity index (χ4v) is 2.46. The molecule has 2 amide bonds. The van der Waals surface area contributed by atoms with Gasteiger partial charge in [0.2, 0.25) is 5.91 Å². The number of fused-ring (bicyclic) bond motifs is 1. The lowest BCUT2D eigenvalue weighted by atomic mass is 10.1. The SMILES string of the molecule is CC(NC(=O)c1ccccc1F)C(=O)Nc1cccc2cnccc12. The molecule has 5 nitrogen and oxygen atoms in total. The maximum atomic E-state index is 13.6. The van der Waals surface area contributed by atoms with E-state index in [2.05, 4.69) is 15.6 Å². The Morgan fingerprint density at radius 2 is 1.88 bits per heavy atom. The molecule has 0 aliphatic heterocycles. The lowest BCUT2D eigenvalue weighted by molar-refractivity contribution is -0.117. The van der Waals surface area contributed by atoms with Gasteiger partial charge in [-0.25, -0.2) is 4.39 Å². The molecule has 3 rings (SSSR count). The molecule has 0 radical (unpaired) electrons. The van der Waals surface area contributed by atoms with Crippen LogP contribution in [0.5, 0.6) is 0 Å². The summed E-state index contributed by atoms with van der Waals surface area (Å²) in [6, 6.07) is 12.1. The summed E-state index contributed by atoms with van der Waals surface area (Å²) in [5.41, 5.74) is 0.523. The number of aromatic nitrogens is 1. The van der Waals surface area contributed by atoms with Crippen LogP contribution in [0.25, 0.3) is 10.8 Å². The van der Waals surface area contributed by atoms with Crippen LogP contribution >= 0.6 is 0 Å². The first-order valence-electron chi connectivity index (χ1n) is 7.75. The molecule has 25 heavy (non-hydrogen) atoms. The average Bonchev–Trinajstić information content (AvgIpc) is 2.62. The molecule has 126 valence electrons. The molecule has 1 aromatic heterocycles. The normalized spacial score (nSPS) is 11.8. The van der Waals surface area contributed by atoms with Gasteiger partial charge in [-0.2, -0.15) is 0 Å². The van der Waals surface area contributed by atoms with Crippen molar-refractivity contribution < 1.29 is 14.0 Å². The molecule has 1 atom stereocenters. The van der Waals surface area contributed by atoms with E-state index in [9.17, 15) is 14.0 Å². The summed E-state index contributed by atoms with van der Waals surface area (Å²) in [6.07, 6.45) is 3.34. The first-order valence-corrected chi connectivity index (χ1v) is 7.75. The predicted octanol–water partition coefficient (Wildman–Crippen LogP) is 3.13. The van der Waals surface area contributed by atoms with Crippen LogP contribution in [0.1, 0.15) is 17.3 Å². The summed E-state index contributed by atoms with van der Waals surface area (Å²) in [5, 5.41) is 7.02. The van der Waals surface area contributed by atoms with Crippen molar-refractivity contribution in [3.8, 4) is 0 Å². The number of nitrogens with one attached hydrogen (secondary N) is 2. The standard InChI is InChI=1S/C19H16FN3O2/c1-12(22-19(25)15-6-2-3-7-16(15)20)18(24)23-17-8-4-5-13-11-21-10-9-14(13)17/h2-12H,1H3,(H,22,25)(H,23,24). The first kappa shape index (κ1) is 16.6. The molecule has 2 N–H and O–H groups in total. The summed E-state index contributed by atoms with van der Waals surface area (Å²) in [4.78, 5) is 28.5. The van der Waals surface area contributed by atoms with Crippen molar-refractivity contribution in [2.45, 2.75) is 13.0 Å². The summed E-state index contributed by atoms with van der Waals surface area (Å²) in [5.74, 6) is -1.66. The Bertz CT molecular complexity index is 937. The number of pyridine rings is 1. The Labute approximate surface area is 143 Å². The Hall–Kier alpha value is -3.28. The third kappa shape index (κ3) is 3.63. The summed E-state index contributed by atoms with van der Waals surface area (Å²) >= 11 is 0. The summed E-state index contributed by atoms with van der Waals surface area (Å²) in [7, 11) is 0. The number of carbonyl (C=O) groups excluding carboxylic acids is 2. The van der Waals surface area contributed by atoms with Crippen molar-refractivity contribution >= 4 is 28.3 Å². The number of rotatable bonds is 4. The Morgan fingerprint density at radius 1 is 1.08 bits per heavy atom. The molecule has 0 spiro atoms. The Morgan fingerprint density at radius 3 is 2.68 bits per heavy atom. The van der Waals surface area contributed by atoms with Gasteiger partial charge in [0.15, 0.2) is 0 Å². The fourth-order valence-electron chi connectivity index (χ4n) is 2.46. The van der Waals surface area contributed by atoms with E-state index in [-0.39, 0.29) is 5.56 Å². The highest BCUT2D eigenvalue weighted by molar-refractivity contribution is 6.05. The maximum Gasteiger partial charge on any atom is 0.254 e. The van der Waals surface area contributed by atoms with Gasteiger partial charge >= 0.3 is 0 Å². The molecule has 3 aromatic rings. The lowest BCUT2D eigenvalue weighted by Gasteiger charge is -2.15. The van der Waals surface area contributed by atoms with Gasteiger partial charge in [0.05, 0.1) is 5.56 Å². The maximum absolute atomic E-state index is 13.6. The molecule has 0 bridgehead atoms. The second-order valence-electron chi connectivity index (χ2n) is 5.57. The minimum atomic E-state index is -0.829. The highest BCUT2D eigenvalue weighted by atomic mass is 19.1. The number of nitrogens with zero attached hydrogens (tertiary/aromatic N) is 1. The van der Waals surface area contributed by atoms with E-state index in [0.717, 1.165) is 10.8 Å². The van der Waals surface area contributed by atoms with Gasteiger partial charge in [0, 0.05) is 28.9 Å². The van der Waals surface area contributed by atoms with Crippen molar-refractivity contribution in [1.82, 2.24) is 10.3 Å². The third-order valence-corrected chi connectivity index (χ3v) is 3.80. The minimum Gasteiger partial charge on any atom is -0.340 e. The van der Waals surface area contributed by atoms with E-state index in [1.807, 2.05) is 12.1 Å². The number of hydrogen-bond acceptors (Lipinski definition) is 3. The fraction of sp³-hybridized carbons (Fsp3) is 0.105. The Kier molecular flexibility index (Phi) is 4.70. The number of halogens is 1. The zero-order chi connectivity index (χ0) is 17.8.